The molecule has 0 spiro atoms. The molecule has 2 aromatic carbocycles. The third-order valence-electron chi connectivity index (χ3n) is 5.45. The molecule has 8 nitrogen and oxygen atoms in total. The van der Waals surface area contributed by atoms with Crippen LogP contribution in [0.4, 0.5) is 0 Å². The molecule has 1 heterocycles. The lowest BCUT2D eigenvalue weighted by atomic mass is 9.93. The maximum atomic E-state index is 11.9. The van der Waals surface area contributed by atoms with Crippen LogP contribution >= 0.6 is 0 Å². The molecular formula is C26H33NO7. The first-order valence-corrected chi connectivity index (χ1v) is 11.3. The second kappa shape index (κ2) is 13.3. The molecule has 8 heteroatoms. The first-order valence-electron chi connectivity index (χ1n) is 11.3. The van der Waals surface area contributed by atoms with Gasteiger partial charge in [0.25, 0.3) is 0 Å². The second-order valence-electron chi connectivity index (χ2n) is 8.13. The minimum atomic E-state index is -1.42. The van der Waals surface area contributed by atoms with Gasteiger partial charge in [0.05, 0.1) is 26.4 Å². The largest absolute Gasteiger partial charge is 0.388 e. The van der Waals surface area contributed by atoms with Gasteiger partial charge in [0.15, 0.2) is 6.29 Å². The van der Waals surface area contributed by atoms with Crippen molar-refractivity contribution in [3.8, 4) is 0 Å². The van der Waals surface area contributed by atoms with Gasteiger partial charge in [-0.2, -0.15) is 0 Å². The van der Waals surface area contributed by atoms with E-state index in [0.717, 1.165) is 11.1 Å². The molecule has 3 N–H and O–H groups in total. The number of carbonyl (C=O) groups excluding carboxylic acids is 1. The topological polar surface area (TPSA) is 106 Å². The molecule has 0 radical (unpaired) electrons. The monoisotopic (exact) mass is 471 g/mol. The van der Waals surface area contributed by atoms with Crippen molar-refractivity contribution >= 4 is 5.91 Å². The third-order valence-corrected chi connectivity index (χ3v) is 5.45. The molecule has 1 aliphatic heterocycles. The van der Waals surface area contributed by atoms with Crippen molar-refractivity contribution in [1.82, 2.24) is 5.32 Å². The van der Waals surface area contributed by atoms with Crippen molar-refractivity contribution in [3.05, 3.63) is 84.4 Å². The van der Waals surface area contributed by atoms with Crippen molar-refractivity contribution in [2.24, 2.45) is 0 Å². The van der Waals surface area contributed by atoms with E-state index < -0.39 is 36.7 Å². The van der Waals surface area contributed by atoms with E-state index in [-0.39, 0.29) is 32.3 Å². The van der Waals surface area contributed by atoms with Gasteiger partial charge in [-0.3, -0.25) is 4.79 Å². The van der Waals surface area contributed by atoms with Gasteiger partial charge >= 0.3 is 0 Å². The number of aliphatic hydroxyl groups excluding tert-OH is 2. The fourth-order valence-corrected chi connectivity index (χ4v) is 3.86. The molecule has 0 aliphatic carbocycles. The number of aliphatic hydroxyl groups is 2. The Morgan fingerprint density at radius 3 is 2.15 bits per heavy atom. The first-order chi connectivity index (χ1) is 16.5. The molecular weight excluding hydrogens is 438 g/mol. The Bertz CT molecular complexity index is 879. The second-order valence-corrected chi connectivity index (χ2v) is 8.13. The fourth-order valence-electron chi connectivity index (χ4n) is 3.86. The lowest BCUT2D eigenvalue weighted by Crippen LogP contribution is -2.67. The van der Waals surface area contributed by atoms with Gasteiger partial charge in [0, 0.05) is 6.92 Å². The molecule has 2 aromatic rings. The van der Waals surface area contributed by atoms with Gasteiger partial charge < -0.3 is 34.5 Å². The summed E-state index contributed by atoms with van der Waals surface area (Å²) in [6, 6.07) is 18.2. The molecule has 1 saturated heterocycles. The van der Waals surface area contributed by atoms with Crippen LogP contribution in [0.5, 0.6) is 0 Å². The van der Waals surface area contributed by atoms with E-state index in [2.05, 4.69) is 11.9 Å². The summed E-state index contributed by atoms with van der Waals surface area (Å²) >= 11 is 0. The van der Waals surface area contributed by atoms with E-state index in [9.17, 15) is 15.0 Å². The highest BCUT2D eigenvalue weighted by molar-refractivity contribution is 5.73. The van der Waals surface area contributed by atoms with Crippen LogP contribution < -0.4 is 5.32 Å². The molecule has 3 rings (SSSR count). The summed E-state index contributed by atoms with van der Waals surface area (Å²) < 4.78 is 23.6. The Labute approximate surface area is 200 Å². The summed E-state index contributed by atoms with van der Waals surface area (Å²) in [5, 5.41) is 24.3. The standard InChI is InChI=1S/C26H33NO7/c1-3-14-31-17-21(29)23-25(33-16-20-12-8-5-9-13-20)24(22(26(30)34-23)27-18(2)28)32-15-19-10-6-4-7-11-19/h3-13,21-26,29-30H,1,14-17H2,2H3,(H,27,28)/t21-,22+,23+,24+,25+,26+/m0/s1. The van der Waals surface area contributed by atoms with Crippen LogP contribution in [-0.4, -0.2) is 66.1 Å². The van der Waals surface area contributed by atoms with Gasteiger partial charge in [-0.25, -0.2) is 0 Å². The quantitative estimate of drug-likeness (QED) is 0.321. The summed E-state index contributed by atoms with van der Waals surface area (Å²) in [6.45, 7) is 5.60. The number of benzene rings is 2. The number of rotatable bonds is 12. The van der Waals surface area contributed by atoms with Crippen molar-refractivity contribution in [2.45, 2.75) is 56.9 Å². The Hall–Kier alpha value is -2.59. The average molecular weight is 472 g/mol. The molecule has 1 fully saturated rings. The molecule has 1 amide bonds. The zero-order chi connectivity index (χ0) is 24.3. The highest BCUT2D eigenvalue weighted by Crippen LogP contribution is 2.29. The van der Waals surface area contributed by atoms with Crippen LogP contribution in [0.2, 0.25) is 0 Å². The van der Waals surface area contributed by atoms with Crippen LogP contribution in [-0.2, 0) is 37.0 Å². The van der Waals surface area contributed by atoms with Crippen LogP contribution in [0.25, 0.3) is 0 Å². The van der Waals surface area contributed by atoms with E-state index in [4.69, 9.17) is 18.9 Å². The third kappa shape index (κ3) is 7.46. The van der Waals surface area contributed by atoms with Crippen LogP contribution in [0.3, 0.4) is 0 Å². The molecule has 34 heavy (non-hydrogen) atoms. The highest BCUT2D eigenvalue weighted by Gasteiger charge is 2.49. The van der Waals surface area contributed by atoms with Gasteiger partial charge in [0.1, 0.15) is 30.5 Å². The molecule has 1 aliphatic rings. The number of hydrogen-bond donors (Lipinski definition) is 3. The predicted molar refractivity (Wildman–Crippen MR) is 126 cm³/mol. The molecule has 6 atom stereocenters. The van der Waals surface area contributed by atoms with Gasteiger partial charge in [-0.1, -0.05) is 66.7 Å². The van der Waals surface area contributed by atoms with Crippen LogP contribution in [0.1, 0.15) is 18.1 Å². The Morgan fingerprint density at radius 1 is 1.06 bits per heavy atom. The Balaban J connectivity index is 1.86. The van der Waals surface area contributed by atoms with E-state index in [0.29, 0.717) is 0 Å². The van der Waals surface area contributed by atoms with E-state index in [1.165, 1.54) is 6.92 Å². The smallest absolute Gasteiger partial charge is 0.217 e. The van der Waals surface area contributed by atoms with Crippen LogP contribution in [0.15, 0.2) is 73.3 Å². The molecule has 0 saturated carbocycles. The van der Waals surface area contributed by atoms with E-state index in [1.54, 1.807) is 6.08 Å². The summed E-state index contributed by atoms with van der Waals surface area (Å²) in [5.74, 6) is -0.351. The molecule has 0 unspecified atom stereocenters. The van der Waals surface area contributed by atoms with Crippen molar-refractivity contribution in [3.63, 3.8) is 0 Å². The fraction of sp³-hybridized carbons (Fsp3) is 0.423. The summed E-state index contributed by atoms with van der Waals surface area (Å²) in [5.41, 5.74) is 1.83. The van der Waals surface area contributed by atoms with Gasteiger partial charge in [-0.05, 0) is 11.1 Å². The van der Waals surface area contributed by atoms with Crippen molar-refractivity contribution < 1.29 is 34.0 Å². The highest BCUT2D eigenvalue weighted by atomic mass is 16.6. The van der Waals surface area contributed by atoms with Gasteiger partial charge in [-0.15, -0.1) is 6.58 Å². The Morgan fingerprint density at radius 2 is 1.62 bits per heavy atom. The van der Waals surface area contributed by atoms with Crippen molar-refractivity contribution in [1.29, 1.82) is 0 Å². The number of hydrogen-bond acceptors (Lipinski definition) is 7. The van der Waals surface area contributed by atoms with Crippen LogP contribution in [0, 0.1) is 0 Å². The lowest BCUT2D eigenvalue weighted by molar-refractivity contribution is -0.288. The number of ether oxygens (including phenoxy) is 4. The first kappa shape index (κ1) is 26.0. The number of amides is 1. The van der Waals surface area contributed by atoms with E-state index >= 15 is 0 Å². The summed E-state index contributed by atoms with van der Waals surface area (Å²) in [4.78, 5) is 11.9. The minimum absolute atomic E-state index is 0.0508. The van der Waals surface area contributed by atoms with E-state index in [1.807, 2.05) is 60.7 Å². The SMILES string of the molecule is C=CCOC[C@H](O)[C@H]1O[C@@H](O)[C@H](NC(C)=O)[C@@H](OCc2ccccc2)[C@@H]1OCc1ccccc1. The maximum absolute atomic E-state index is 11.9. The zero-order valence-electron chi connectivity index (χ0n) is 19.3. The maximum Gasteiger partial charge on any atom is 0.217 e. The zero-order valence-corrected chi connectivity index (χ0v) is 19.3. The normalized spacial score (nSPS) is 25.4. The minimum Gasteiger partial charge on any atom is -0.388 e. The van der Waals surface area contributed by atoms with Gasteiger partial charge in [0.2, 0.25) is 5.91 Å². The Kier molecular flexibility index (Phi) is 10.2. The molecule has 0 bridgehead atoms. The lowest BCUT2D eigenvalue weighted by Gasteiger charge is -2.46. The average Bonchev–Trinajstić information content (AvgIpc) is 2.84. The predicted octanol–water partition coefficient (Wildman–Crippen LogP) is 1.94. The molecule has 184 valence electrons. The summed E-state index contributed by atoms with van der Waals surface area (Å²) in [7, 11) is 0. The number of nitrogens with one attached hydrogen (secondary N) is 1. The van der Waals surface area contributed by atoms with Crippen molar-refractivity contribution in [2.75, 3.05) is 13.2 Å². The molecule has 0 aromatic heterocycles. The summed E-state index contributed by atoms with van der Waals surface area (Å²) in [6.07, 6.45) is -3.54. The number of carbonyl (C=O) groups is 1.